The third kappa shape index (κ3) is 6.51. The van der Waals surface area contributed by atoms with Crippen LogP contribution in [0, 0.1) is 11.3 Å². The number of nitrogens with zero attached hydrogens (tertiary/aromatic N) is 2. The van der Waals surface area contributed by atoms with Crippen LogP contribution in [0.25, 0.3) is 0 Å². The number of ether oxygens (including phenoxy) is 1. The van der Waals surface area contributed by atoms with Crippen LogP contribution in [0.5, 0.6) is 0 Å². The number of nitriles is 1. The van der Waals surface area contributed by atoms with Crippen molar-refractivity contribution < 1.29 is 27.5 Å². The summed E-state index contributed by atoms with van der Waals surface area (Å²) in [6.45, 7) is 2.10. The fourth-order valence-corrected chi connectivity index (χ4v) is 4.52. The molecule has 1 saturated carbocycles. The highest BCUT2D eigenvalue weighted by Crippen LogP contribution is 2.27. The van der Waals surface area contributed by atoms with Crippen LogP contribution in [0.15, 0.2) is 29.2 Å². The molecule has 0 heterocycles. The molecule has 1 aromatic carbocycles. The smallest absolute Gasteiger partial charge is 0.322 e. The number of benzene rings is 1. The minimum absolute atomic E-state index is 0.0686. The van der Waals surface area contributed by atoms with Gasteiger partial charge in [0.15, 0.2) is 6.10 Å². The van der Waals surface area contributed by atoms with Gasteiger partial charge in [-0.2, -0.15) is 9.57 Å². The normalized spacial score (nSPS) is 16.5. The molecule has 10 nitrogen and oxygen atoms in total. The minimum Gasteiger partial charge on any atom is -0.452 e. The molecule has 0 saturated heterocycles. The highest BCUT2D eigenvalue weighted by molar-refractivity contribution is 7.89. The van der Waals surface area contributed by atoms with Crippen molar-refractivity contribution >= 4 is 33.5 Å². The zero-order valence-electron chi connectivity index (χ0n) is 18.4. The number of carbonyl (C=O) groups excluding carboxylic acids is 3. The Hall–Kier alpha value is -2.97. The molecule has 1 atom stereocenters. The molecule has 1 aromatic rings. The van der Waals surface area contributed by atoms with E-state index >= 15 is 0 Å². The third-order valence-corrected chi connectivity index (χ3v) is 7.01. The lowest BCUT2D eigenvalue weighted by Crippen LogP contribution is -2.52. The van der Waals surface area contributed by atoms with Crippen LogP contribution in [-0.4, -0.2) is 55.7 Å². The summed E-state index contributed by atoms with van der Waals surface area (Å²) in [7, 11) is -2.78. The van der Waals surface area contributed by atoms with Crippen molar-refractivity contribution in [3.63, 3.8) is 0 Å². The molecular formula is C21H28N4O6S. The van der Waals surface area contributed by atoms with E-state index in [-0.39, 0.29) is 10.8 Å². The Morgan fingerprint density at radius 1 is 1.19 bits per heavy atom. The second-order valence-electron chi connectivity index (χ2n) is 7.84. The van der Waals surface area contributed by atoms with Crippen LogP contribution in [0.1, 0.15) is 46.0 Å². The highest BCUT2D eigenvalue weighted by atomic mass is 32.2. The Morgan fingerprint density at radius 3 is 2.31 bits per heavy atom. The SMILES string of the molecule is CC(=O)Nc1ccc(S(=O)(=O)N(C)CC(=O)OC(C)C(=O)NC2(C#N)CCCCC2)cc1. The van der Waals surface area contributed by atoms with Crippen molar-refractivity contribution in [3.05, 3.63) is 24.3 Å². The lowest BCUT2D eigenvalue weighted by Gasteiger charge is -2.32. The van der Waals surface area contributed by atoms with Gasteiger partial charge in [0.25, 0.3) is 5.91 Å². The number of hydrogen-bond acceptors (Lipinski definition) is 7. The van der Waals surface area contributed by atoms with Gasteiger partial charge in [-0.3, -0.25) is 14.4 Å². The molecule has 2 amide bonds. The predicted molar refractivity (Wildman–Crippen MR) is 116 cm³/mol. The van der Waals surface area contributed by atoms with E-state index in [0.717, 1.165) is 23.6 Å². The van der Waals surface area contributed by atoms with E-state index in [9.17, 15) is 28.1 Å². The molecule has 1 aliphatic carbocycles. The maximum Gasteiger partial charge on any atom is 0.322 e. The van der Waals surface area contributed by atoms with Gasteiger partial charge >= 0.3 is 5.97 Å². The first kappa shape index (κ1) is 25.3. The second-order valence-corrected chi connectivity index (χ2v) is 9.89. The van der Waals surface area contributed by atoms with Gasteiger partial charge in [-0.25, -0.2) is 8.42 Å². The first-order valence-corrected chi connectivity index (χ1v) is 11.7. The van der Waals surface area contributed by atoms with Crippen molar-refractivity contribution in [2.45, 2.75) is 62.5 Å². The van der Waals surface area contributed by atoms with Gasteiger partial charge in [0.1, 0.15) is 12.1 Å². The maximum absolute atomic E-state index is 12.7. The number of hydrogen-bond donors (Lipinski definition) is 2. The Kier molecular flexibility index (Phi) is 8.35. The molecule has 1 unspecified atom stereocenters. The van der Waals surface area contributed by atoms with E-state index in [1.54, 1.807) is 0 Å². The van der Waals surface area contributed by atoms with E-state index in [1.807, 2.05) is 0 Å². The van der Waals surface area contributed by atoms with E-state index in [0.29, 0.717) is 18.5 Å². The summed E-state index contributed by atoms with van der Waals surface area (Å²) < 4.78 is 31.3. The molecule has 0 aliphatic heterocycles. The summed E-state index contributed by atoms with van der Waals surface area (Å²) in [5.74, 6) is -1.79. The first-order valence-electron chi connectivity index (χ1n) is 10.3. The zero-order valence-corrected chi connectivity index (χ0v) is 19.2. The number of carbonyl (C=O) groups is 3. The fourth-order valence-electron chi connectivity index (χ4n) is 3.41. The standard InChI is InChI=1S/C21H28N4O6S/c1-15(20(28)24-21(14-22)11-5-4-6-12-21)31-19(27)13-25(3)32(29,30)18-9-7-17(8-10-18)23-16(2)26/h7-10,15H,4-6,11-13H2,1-3H3,(H,23,26)(H,24,28). The van der Waals surface area contributed by atoms with Gasteiger partial charge in [-0.1, -0.05) is 19.3 Å². The molecule has 0 spiro atoms. The summed E-state index contributed by atoms with van der Waals surface area (Å²) in [4.78, 5) is 35.7. The largest absolute Gasteiger partial charge is 0.452 e. The number of likely N-dealkylation sites (N-methyl/N-ethyl adjacent to an activating group) is 1. The Bertz CT molecular complexity index is 994. The van der Waals surface area contributed by atoms with Gasteiger partial charge in [-0.15, -0.1) is 0 Å². The fraction of sp³-hybridized carbons (Fsp3) is 0.524. The van der Waals surface area contributed by atoms with Crippen molar-refractivity contribution in [1.29, 1.82) is 5.26 Å². The Labute approximate surface area is 188 Å². The third-order valence-electron chi connectivity index (χ3n) is 5.20. The number of esters is 1. The molecule has 174 valence electrons. The van der Waals surface area contributed by atoms with Gasteiger partial charge in [0.05, 0.1) is 11.0 Å². The van der Waals surface area contributed by atoms with Gasteiger partial charge < -0.3 is 15.4 Å². The minimum atomic E-state index is -4.00. The van der Waals surface area contributed by atoms with Gasteiger partial charge in [0.2, 0.25) is 15.9 Å². The lowest BCUT2D eigenvalue weighted by molar-refractivity contribution is -0.155. The number of nitrogens with one attached hydrogen (secondary N) is 2. The second kappa shape index (κ2) is 10.6. The molecule has 1 fully saturated rings. The Morgan fingerprint density at radius 2 is 1.78 bits per heavy atom. The average Bonchev–Trinajstić information content (AvgIpc) is 2.74. The van der Waals surface area contributed by atoms with E-state index < -0.39 is 40.1 Å². The molecule has 32 heavy (non-hydrogen) atoms. The Balaban J connectivity index is 1.95. The molecule has 0 aromatic heterocycles. The van der Waals surface area contributed by atoms with Gasteiger partial charge in [0, 0.05) is 19.7 Å². The summed E-state index contributed by atoms with van der Waals surface area (Å²) in [6.07, 6.45) is 2.56. The van der Waals surface area contributed by atoms with Crippen LogP contribution < -0.4 is 10.6 Å². The van der Waals surface area contributed by atoms with Crippen LogP contribution in [0.4, 0.5) is 5.69 Å². The first-order chi connectivity index (χ1) is 15.0. The molecule has 0 bridgehead atoms. The van der Waals surface area contributed by atoms with Gasteiger partial charge in [-0.05, 0) is 44.0 Å². The topological polar surface area (TPSA) is 146 Å². The summed E-state index contributed by atoms with van der Waals surface area (Å²) in [5.41, 5.74) is -0.522. The summed E-state index contributed by atoms with van der Waals surface area (Å²) in [6, 6.07) is 7.64. The summed E-state index contributed by atoms with van der Waals surface area (Å²) >= 11 is 0. The molecule has 0 radical (unpaired) electrons. The quantitative estimate of drug-likeness (QED) is 0.555. The lowest BCUT2D eigenvalue weighted by atomic mass is 9.83. The monoisotopic (exact) mass is 464 g/mol. The van der Waals surface area contributed by atoms with E-state index in [2.05, 4.69) is 16.7 Å². The van der Waals surface area contributed by atoms with Crippen molar-refractivity contribution in [3.8, 4) is 6.07 Å². The van der Waals surface area contributed by atoms with Crippen LogP contribution in [0.3, 0.4) is 0 Å². The molecule has 11 heteroatoms. The molecule has 2 rings (SSSR count). The number of anilines is 1. The average molecular weight is 465 g/mol. The number of rotatable bonds is 8. The van der Waals surface area contributed by atoms with Crippen molar-refractivity contribution in [2.75, 3.05) is 18.9 Å². The van der Waals surface area contributed by atoms with Crippen LogP contribution in [-0.2, 0) is 29.1 Å². The number of sulfonamides is 1. The summed E-state index contributed by atoms with van der Waals surface area (Å²) in [5, 5.41) is 14.7. The van der Waals surface area contributed by atoms with E-state index in [4.69, 9.17) is 4.74 Å². The highest BCUT2D eigenvalue weighted by Gasteiger charge is 2.35. The molecule has 1 aliphatic rings. The van der Waals surface area contributed by atoms with Crippen molar-refractivity contribution in [2.24, 2.45) is 0 Å². The van der Waals surface area contributed by atoms with Crippen molar-refractivity contribution in [1.82, 2.24) is 9.62 Å². The van der Waals surface area contributed by atoms with E-state index in [1.165, 1.54) is 45.2 Å². The maximum atomic E-state index is 12.7. The van der Waals surface area contributed by atoms with Crippen LogP contribution in [0.2, 0.25) is 0 Å². The zero-order chi connectivity index (χ0) is 23.9. The predicted octanol–water partition coefficient (Wildman–Crippen LogP) is 1.54. The molecular weight excluding hydrogens is 436 g/mol. The number of amides is 2. The molecule has 2 N–H and O–H groups in total. The van der Waals surface area contributed by atoms with Crippen LogP contribution >= 0.6 is 0 Å².